The van der Waals surface area contributed by atoms with Crippen LogP contribution in [0.1, 0.15) is 51.3 Å². The fourth-order valence-electron chi connectivity index (χ4n) is 5.70. The minimum atomic E-state index is -1.26. The number of fused-ring (bicyclic) bond motifs is 6. The third-order valence-electron chi connectivity index (χ3n) is 7.44. The summed E-state index contributed by atoms with van der Waals surface area (Å²) in [6, 6.07) is 26.3. The molecule has 0 amide bonds. The Hall–Kier alpha value is -4.78. The molecule has 39 heavy (non-hydrogen) atoms. The lowest BCUT2D eigenvalue weighted by Gasteiger charge is -2.37. The SMILES string of the molecule is CCN(CC)c1ccc(Nc2ccccc2C(=O)OC)c2c1C(=O)OC21c2ccccc2Oc2ccccc21. The largest absolute Gasteiger partial charge is 0.465 e. The van der Waals surface area contributed by atoms with Crippen LogP contribution in [0.25, 0.3) is 0 Å². The van der Waals surface area contributed by atoms with Crippen LogP contribution < -0.4 is 15.0 Å². The topological polar surface area (TPSA) is 77.1 Å². The molecule has 2 heterocycles. The van der Waals surface area contributed by atoms with Crippen LogP contribution >= 0.6 is 0 Å². The number of esters is 2. The number of anilines is 3. The lowest BCUT2D eigenvalue weighted by Crippen LogP contribution is -2.33. The van der Waals surface area contributed by atoms with Gasteiger partial charge in [0.05, 0.1) is 29.6 Å². The molecule has 2 aliphatic rings. The van der Waals surface area contributed by atoms with Gasteiger partial charge in [0.2, 0.25) is 0 Å². The summed E-state index contributed by atoms with van der Waals surface area (Å²) in [6.07, 6.45) is 0. The molecule has 0 radical (unpaired) electrons. The quantitative estimate of drug-likeness (QED) is 0.286. The van der Waals surface area contributed by atoms with Crippen LogP contribution in [0.15, 0.2) is 84.9 Å². The number of hydrogen-bond donors (Lipinski definition) is 1. The van der Waals surface area contributed by atoms with Gasteiger partial charge >= 0.3 is 11.9 Å². The fraction of sp³-hybridized carbons (Fsp3) is 0.188. The molecule has 4 aromatic carbocycles. The highest BCUT2D eigenvalue weighted by molar-refractivity contribution is 6.05. The average Bonchev–Trinajstić information content (AvgIpc) is 3.28. The van der Waals surface area contributed by atoms with E-state index < -0.39 is 17.5 Å². The highest BCUT2D eigenvalue weighted by atomic mass is 16.6. The van der Waals surface area contributed by atoms with Crippen LogP contribution in [0.4, 0.5) is 17.1 Å². The maximum absolute atomic E-state index is 14.0. The lowest BCUT2D eigenvalue weighted by atomic mass is 9.76. The number of benzene rings is 4. The molecule has 0 bridgehead atoms. The number of ether oxygens (including phenoxy) is 3. The standard InChI is InChI=1S/C32H28N2O5/c1-4-34(5-2)25-19-18-24(33-23-15-9-6-12-20(23)30(35)37-3)29-28(25)31(36)39-32(29)21-13-7-10-16-26(21)38-27-17-11-8-14-22(27)32/h6-19,33H,4-5H2,1-3H3. The van der Waals surface area contributed by atoms with E-state index >= 15 is 0 Å². The summed E-state index contributed by atoms with van der Waals surface area (Å²) >= 11 is 0. The molecule has 7 heteroatoms. The van der Waals surface area contributed by atoms with E-state index in [4.69, 9.17) is 14.2 Å². The molecular weight excluding hydrogens is 492 g/mol. The first-order valence-corrected chi connectivity index (χ1v) is 13.0. The molecule has 2 aliphatic heterocycles. The second-order valence-corrected chi connectivity index (χ2v) is 9.38. The predicted molar refractivity (Wildman–Crippen MR) is 149 cm³/mol. The van der Waals surface area contributed by atoms with E-state index in [1.54, 1.807) is 12.1 Å². The summed E-state index contributed by atoms with van der Waals surface area (Å²) in [5.74, 6) is 0.360. The molecule has 0 aliphatic carbocycles. The first-order chi connectivity index (χ1) is 19.0. The van der Waals surface area contributed by atoms with Crippen LogP contribution in [0.5, 0.6) is 11.5 Å². The van der Waals surface area contributed by atoms with Gasteiger partial charge in [0.1, 0.15) is 11.5 Å². The average molecular weight is 521 g/mol. The smallest absolute Gasteiger partial charge is 0.342 e. The second-order valence-electron chi connectivity index (χ2n) is 9.38. The number of rotatable bonds is 6. The lowest BCUT2D eigenvalue weighted by molar-refractivity contribution is 0.0226. The van der Waals surface area contributed by atoms with Crippen LogP contribution in [0.3, 0.4) is 0 Å². The Morgan fingerprint density at radius 1 is 0.846 bits per heavy atom. The van der Waals surface area contributed by atoms with E-state index in [9.17, 15) is 9.59 Å². The Labute approximate surface area is 226 Å². The van der Waals surface area contributed by atoms with E-state index in [-0.39, 0.29) is 0 Å². The van der Waals surface area contributed by atoms with Gasteiger partial charge in [-0.1, -0.05) is 48.5 Å². The van der Waals surface area contributed by atoms with Crippen molar-refractivity contribution >= 4 is 29.0 Å². The van der Waals surface area contributed by atoms with E-state index in [0.29, 0.717) is 39.6 Å². The Balaban J connectivity index is 1.68. The zero-order valence-electron chi connectivity index (χ0n) is 22.0. The third-order valence-corrected chi connectivity index (χ3v) is 7.44. The summed E-state index contributed by atoms with van der Waals surface area (Å²) in [4.78, 5) is 28.7. The first kappa shape index (κ1) is 24.6. The van der Waals surface area contributed by atoms with Crippen molar-refractivity contribution in [1.82, 2.24) is 0 Å². The highest BCUT2D eigenvalue weighted by Crippen LogP contribution is 2.59. The summed E-state index contributed by atoms with van der Waals surface area (Å²) < 4.78 is 17.8. The van der Waals surface area contributed by atoms with Gasteiger partial charge in [-0.2, -0.15) is 0 Å². The van der Waals surface area contributed by atoms with Crippen LogP contribution in [0.2, 0.25) is 0 Å². The predicted octanol–water partition coefficient (Wildman–Crippen LogP) is 6.63. The van der Waals surface area contributed by atoms with Crippen molar-refractivity contribution < 1.29 is 23.8 Å². The Morgan fingerprint density at radius 3 is 2.10 bits per heavy atom. The van der Waals surface area contributed by atoms with Gasteiger partial charge in [0, 0.05) is 35.5 Å². The van der Waals surface area contributed by atoms with Crippen molar-refractivity contribution in [1.29, 1.82) is 0 Å². The molecule has 196 valence electrons. The van der Waals surface area contributed by atoms with Crippen LogP contribution in [-0.4, -0.2) is 32.1 Å². The number of nitrogens with one attached hydrogen (secondary N) is 1. The van der Waals surface area contributed by atoms with E-state index in [1.165, 1.54) is 7.11 Å². The van der Waals surface area contributed by atoms with Crippen molar-refractivity contribution in [3.05, 3.63) is 113 Å². The van der Waals surface area contributed by atoms with Gasteiger partial charge in [0.25, 0.3) is 0 Å². The van der Waals surface area contributed by atoms with Crippen molar-refractivity contribution in [2.45, 2.75) is 19.4 Å². The minimum Gasteiger partial charge on any atom is -0.465 e. The molecule has 4 aromatic rings. The maximum atomic E-state index is 14.0. The molecule has 1 N–H and O–H groups in total. The monoisotopic (exact) mass is 520 g/mol. The van der Waals surface area contributed by atoms with Crippen molar-refractivity contribution in [2.24, 2.45) is 0 Å². The number of para-hydroxylation sites is 3. The van der Waals surface area contributed by atoms with Gasteiger partial charge < -0.3 is 24.4 Å². The third kappa shape index (κ3) is 3.65. The Kier molecular flexibility index (Phi) is 5.99. The molecule has 0 unspecified atom stereocenters. The summed E-state index contributed by atoms with van der Waals surface area (Å²) in [6.45, 7) is 5.56. The normalized spacial score (nSPS) is 14.0. The molecular formula is C32H28N2O5. The summed E-state index contributed by atoms with van der Waals surface area (Å²) in [7, 11) is 1.35. The summed E-state index contributed by atoms with van der Waals surface area (Å²) in [5, 5.41) is 3.45. The van der Waals surface area contributed by atoms with Crippen molar-refractivity contribution in [3.8, 4) is 11.5 Å². The molecule has 0 saturated heterocycles. The van der Waals surface area contributed by atoms with Crippen LogP contribution in [0, 0.1) is 0 Å². The number of carbonyl (C=O) groups is 2. The zero-order valence-corrected chi connectivity index (χ0v) is 22.0. The maximum Gasteiger partial charge on any atom is 0.342 e. The van der Waals surface area contributed by atoms with Gasteiger partial charge in [0.15, 0.2) is 5.60 Å². The molecule has 0 saturated carbocycles. The van der Waals surface area contributed by atoms with Gasteiger partial charge in [-0.25, -0.2) is 9.59 Å². The molecule has 1 spiro atoms. The van der Waals surface area contributed by atoms with Crippen molar-refractivity contribution in [2.75, 3.05) is 30.4 Å². The first-order valence-electron chi connectivity index (χ1n) is 13.0. The van der Waals surface area contributed by atoms with Gasteiger partial charge in [-0.15, -0.1) is 0 Å². The fourth-order valence-corrected chi connectivity index (χ4v) is 5.70. The number of nitrogens with zero attached hydrogens (tertiary/aromatic N) is 1. The minimum absolute atomic E-state index is 0.383. The van der Waals surface area contributed by atoms with E-state index in [1.807, 2.05) is 72.8 Å². The number of carbonyl (C=O) groups excluding carboxylic acids is 2. The molecule has 6 rings (SSSR count). The second kappa shape index (κ2) is 9.51. The summed E-state index contributed by atoms with van der Waals surface area (Å²) in [5.41, 5.74) is 3.77. The number of hydrogen-bond acceptors (Lipinski definition) is 7. The van der Waals surface area contributed by atoms with E-state index in [0.717, 1.165) is 29.9 Å². The molecule has 0 aromatic heterocycles. The molecule has 0 atom stereocenters. The Bertz CT molecular complexity index is 1560. The number of methoxy groups -OCH3 is 1. The molecule has 0 fully saturated rings. The highest BCUT2D eigenvalue weighted by Gasteiger charge is 2.56. The van der Waals surface area contributed by atoms with Gasteiger partial charge in [-0.3, -0.25) is 0 Å². The molecule has 7 nitrogen and oxygen atoms in total. The van der Waals surface area contributed by atoms with Gasteiger partial charge in [-0.05, 0) is 50.2 Å². The Morgan fingerprint density at radius 2 is 1.46 bits per heavy atom. The van der Waals surface area contributed by atoms with Crippen molar-refractivity contribution in [3.63, 3.8) is 0 Å². The van der Waals surface area contributed by atoms with E-state index in [2.05, 4.69) is 24.1 Å². The zero-order chi connectivity index (χ0) is 27.1. The van der Waals surface area contributed by atoms with Crippen LogP contribution in [-0.2, 0) is 15.1 Å².